The Balaban J connectivity index is 0. The molecule has 0 fully saturated rings. The number of primary amides is 1. The first kappa shape index (κ1) is 14.9. The van der Waals surface area contributed by atoms with Crippen molar-refractivity contribution in [3.63, 3.8) is 0 Å². The molecule has 0 rings (SSSR count). The fourth-order valence-corrected chi connectivity index (χ4v) is 0.540. The highest BCUT2D eigenvalue weighted by Gasteiger charge is 2.07. The van der Waals surface area contributed by atoms with Crippen LogP contribution in [0.25, 0.3) is 0 Å². The van der Waals surface area contributed by atoms with E-state index in [9.17, 15) is 4.79 Å². The molecule has 13 heavy (non-hydrogen) atoms. The molecule has 4 nitrogen and oxygen atoms in total. The summed E-state index contributed by atoms with van der Waals surface area (Å²) in [6.07, 6.45) is 2.48. The molecule has 0 heterocycles. The van der Waals surface area contributed by atoms with Crippen molar-refractivity contribution in [3.8, 4) is 0 Å². The molecule has 0 aromatic rings. The number of carbonyl (C=O) groups excluding carboxylic acids is 1. The molecule has 1 amide bonds. The van der Waals surface area contributed by atoms with Gasteiger partial charge in [-0.3, -0.25) is 4.79 Å². The van der Waals surface area contributed by atoms with E-state index in [0.29, 0.717) is 6.42 Å². The van der Waals surface area contributed by atoms with Crippen LogP contribution in [0.3, 0.4) is 0 Å². The summed E-state index contributed by atoms with van der Waals surface area (Å²) in [4.78, 5) is 10.2. The Morgan fingerprint density at radius 2 is 1.85 bits per heavy atom. The first-order chi connectivity index (χ1) is 6.09. The van der Waals surface area contributed by atoms with Gasteiger partial charge in [0.25, 0.3) is 0 Å². The maximum Gasteiger partial charge on any atom is 0.246 e. The van der Waals surface area contributed by atoms with Gasteiger partial charge in [-0.05, 0) is 19.4 Å². The van der Waals surface area contributed by atoms with Crippen LogP contribution in [-0.4, -0.2) is 23.7 Å². The normalized spacial score (nSPS) is 11.4. The largest absolute Gasteiger partial charge is 0.383 e. The molecule has 0 bridgehead atoms. The van der Waals surface area contributed by atoms with Crippen molar-refractivity contribution in [1.29, 1.82) is 0 Å². The van der Waals surface area contributed by atoms with Crippen molar-refractivity contribution >= 4 is 5.91 Å². The predicted molar refractivity (Wildman–Crippen MR) is 54.1 cm³/mol. The molecule has 0 radical (unpaired) electrons. The minimum atomic E-state index is -0.940. The second kappa shape index (κ2) is 11.4. The summed E-state index contributed by atoms with van der Waals surface area (Å²) in [5.41, 5.74) is 9.82. The van der Waals surface area contributed by atoms with Crippen molar-refractivity contribution in [2.45, 2.75) is 45.6 Å². The fraction of sp³-hybridized carbons (Fsp3) is 0.889. The second-order valence-corrected chi connectivity index (χ2v) is 2.85. The Morgan fingerprint density at radius 3 is 2.08 bits per heavy atom. The molecule has 0 aliphatic heterocycles. The summed E-state index contributed by atoms with van der Waals surface area (Å²) < 4.78 is 0. The second-order valence-electron chi connectivity index (χ2n) is 2.85. The van der Waals surface area contributed by atoms with Gasteiger partial charge in [-0.2, -0.15) is 0 Å². The van der Waals surface area contributed by atoms with Crippen LogP contribution in [0, 0.1) is 0 Å². The van der Waals surface area contributed by atoms with E-state index in [-0.39, 0.29) is 0 Å². The van der Waals surface area contributed by atoms with E-state index in [2.05, 4.69) is 6.92 Å². The van der Waals surface area contributed by atoms with Crippen LogP contribution in [0.2, 0.25) is 0 Å². The Hall–Kier alpha value is -0.610. The molecule has 0 saturated heterocycles. The van der Waals surface area contributed by atoms with Gasteiger partial charge in [-0.1, -0.05) is 26.7 Å². The number of amides is 1. The van der Waals surface area contributed by atoms with Crippen molar-refractivity contribution in [2.75, 3.05) is 6.54 Å². The lowest BCUT2D eigenvalue weighted by atomic mass is 10.1. The molecule has 1 atom stereocenters. The Kier molecular flexibility index (Phi) is 13.0. The molecule has 0 saturated carbocycles. The number of hydrogen-bond donors (Lipinski definition) is 3. The summed E-state index contributed by atoms with van der Waals surface area (Å²) in [5, 5.41) is 8.78. The molecular weight excluding hydrogens is 168 g/mol. The molecule has 0 aliphatic rings. The lowest BCUT2D eigenvalue weighted by molar-refractivity contribution is -0.126. The number of aliphatic hydroxyl groups excluding tert-OH is 1. The van der Waals surface area contributed by atoms with Gasteiger partial charge in [-0.25, -0.2) is 0 Å². The summed E-state index contributed by atoms with van der Waals surface area (Å²) in [7, 11) is 0. The Bertz CT molecular complexity index is 116. The smallest absolute Gasteiger partial charge is 0.246 e. The quantitative estimate of drug-likeness (QED) is 0.585. The predicted octanol–water partition coefficient (Wildman–Crippen LogP) is 0.378. The highest BCUT2D eigenvalue weighted by Crippen LogP contribution is 1.98. The average molecular weight is 190 g/mol. The number of aliphatic hydroxyl groups is 1. The lowest BCUT2D eigenvalue weighted by Gasteiger charge is -2.02. The zero-order valence-electron chi connectivity index (χ0n) is 8.62. The SMILES string of the molecule is CCCCC(O)C(N)=O.CCCN. The van der Waals surface area contributed by atoms with E-state index in [1.54, 1.807) is 0 Å². The molecular formula is C9H22N2O2. The minimum Gasteiger partial charge on any atom is -0.383 e. The lowest BCUT2D eigenvalue weighted by Crippen LogP contribution is -2.27. The zero-order valence-corrected chi connectivity index (χ0v) is 8.62. The van der Waals surface area contributed by atoms with E-state index in [4.69, 9.17) is 16.6 Å². The third-order valence-corrected chi connectivity index (χ3v) is 1.45. The number of carbonyl (C=O) groups is 1. The molecule has 0 spiro atoms. The Morgan fingerprint density at radius 1 is 1.38 bits per heavy atom. The van der Waals surface area contributed by atoms with Crippen LogP contribution in [0.4, 0.5) is 0 Å². The van der Waals surface area contributed by atoms with Crippen LogP contribution < -0.4 is 11.5 Å². The third kappa shape index (κ3) is 14.3. The van der Waals surface area contributed by atoms with Crippen molar-refractivity contribution in [2.24, 2.45) is 11.5 Å². The molecule has 0 aromatic heterocycles. The summed E-state index contributed by atoms with van der Waals surface area (Å²) in [5.74, 6) is -0.622. The van der Waals surface area contributed by atoms with Gasteiger partial charge in [0, 0.05) is 0 Å². The average Bonchev–Trinajstić information content (AvgIpc) is 2.14. The maximum absolute atomic E-state index is 10.2. The molecule has 4 heteroatoms. The van der Waals surface area contributed by atoms with Gasteiger partial charge >= 0.3 is 0 Å². The van der Waals surface area contributed by atoms with Crippen molar-refractivity contribution in [1.82, 2.24) is 0 Å². The standard InChI is InChI=1S/C6H13NO2.C3H9N/c1-2-3-4-5(8)6(7)9;1-2-3-4/h5,8H,2-4H2,1H3,(H2,7,9);2-4H2,1H3. The van der Waals surface area contributed by atoms with Crippen molar-refractivity contribution in [3.05, 3.63) is 0 Å². The van der Waals surface area contributed by atoms with E-state index >= 15 is 0 Å². The minimum absolute atomic E-state index is 0.492. The van der Waals surface area contributed by atoms with Gasteiger partial charge in [0.2, 0.25) is 5.91 Å². The van der Waals surface area contributed by atoms with E-state index < -0.39 is 12.0 Å². The van der Waals surface area contributed by atoms with Crippen LogP contribution >= 0.6 is 0 Å². The maximum atomic E-state index is 10.2. The van der Waals surface area contributed by atoms with Crippen LogP contribution in [0.5, 0.6) is 0 Å². The van der Waals surface area contributed by atoms with Gasteiger partial charge < -0.3 is 16.6 Å². The molecule has 0 aliphatic carbocycles. The number of rotatable bonds is 5. The zero-order chi connectivity index (χ0) is 10.7. The van der Waals surface area contributed by atoms with E-state index in [0.717, 1.165) is 25.8 Å². The van der Waals surface area contributed by atoms with E-state index in [1.165, 1.54) is 0 Å². The number of unbranched alkanes of at least 4 members (excludes halogenated alkanes) is 1. The monoisotopic (exact) mass is 190 g/mol. The van der Waals surface area contributed by atoms with Crippen molar-refractivity contribution < 1.29 is 9.90 Å². The molecule has 0 aromatic carbocycles. The van der Waals surface area contributed by atoms with E-state index in [1.807, 2.05) is 6.92 Å². The van der Waals surface area contributed by atoms with Gasteiger partial charge in [0.05, 0.1) is 0 Å². The molecule has 1 unspecified atom stereocenters. The summed E-state index contributed by atoms with van der Waals surface area (Å²) in [6.45, 7) is 4.87. The highest BCUT2D eigenvalue weighted by molar-refractivity contribution is 5.78. The Labute approximate surface area is 80.3 Å². The first-order valence-corrected chi connectivity index (χ1v) is 4.77. The first-order valence-electron chi connectivity index (χ1n) is 4.77. The third-order valence-electron chi connectivity index (χ3n) is 1.45. The number of nitrogens with two attached hydrogens (primary N) is 2. The van der Waals surface area contributed by atoms with Crippen LogP contribution in [0.15, 0.2) is 0 Å². The summed E-state index contributed by atoms with van der Waals surface area (Å²) >= 11 is 0. The topological polar surface area (TPSA) is 89.3 Å². The molecule has 80 valence electrons. The van der Waals surface area contributed by atoms with Crippen LogP contribution in [0.1, 0.15) is 39.5 Å². The van der Waals surface area contributed by atoms with Gasteiger partial charge in [0.1, 0.15) is 6.10 Å². The molecule has 5 N–H and O–H groups in total. The highest BCUT2D eigenvalue weighted by atomic mass is 16.3. The van der Waals surface area contributed by atoms with Gasteiger partial charge in [-0.15, -0.1) is 0 Å². The number of hydrogen-bond acceptors (Lipinski definition) is 3. The van der Waals surface area contributed by atoms with Gasteiger partial charge in [0.15, 0.2) is 0 Å². The van der Waals surface area contributed by atoms with Crippen LogP contribution in [-0.2, 0) is 4.79 Å². The summed E-state index contributed by atoms with van der Waals surface area (Å²) in [6, 6.07) is 0. The fourth-order valence-electron chi connectivity index (χ4n) is 0.540.